The molecule has 1 amide bonds. The Labute approximate surface area is 214 Å². The molecule has 186 valence electrons. The first-order chi connectivity index (χ1) is 17.3. The Morgan fingerprint density at radius 1 is 0.833 bits per heavy atom. The van der Waals surface area contributed by atoms with Crippen molar-refractivity contribution in [1.82, 2.24) is 5.32 Å². The average Bonchev–Trinajstić information content (AvgIpc) is 2.90. The van der Waals surface area contributed by atoms with E-state index in [1.54, 1.807) is 38.1 Å². The van der Waals surface area contributed by atoms with Crippen LogP contribution in [0.3, 0.4) is 0 Å². The van der Waals surface area contributed by atoms with E-state index < -0.39 is 11.5 Å². The zero-order chi connectivity index (χ0) is 26.0. The number of carbonyl (C=O) groups excluding carboxylic acids is 4. The molecule has 1 N–H and O–H groups in total. The van der Waals surface area contributed by atoms with E-state index in [-0.39, 0.29) is 31.3 Å². The van der Waals surface area contributed by atoms with Crippen LogP contribution in [0, 0.1) is 5.41 Å². The Balaban J connectivity index is 1.54. The van der Waals surface area contributed by atoms with Gasteiger partial charge in [0.05, 0.1) is 12.0 Å². The highest BCUT2D eigenvalue weighted by Crippen LogP contribution is 2.30. The molecule has 0 atom stereocenters. The van der Waals surface area contributed by atoms with Crippen LogP contribution in [0.15, 0.2) is 88.7 Å². The molecular formula is C28H27NO6S. The molecule has 0 unspecified atom stereocenters. The molecule has 0 fully saturated rings. The number of hydrogen-bond donors (Lipinski definition) is 1. The summed E-state index contributed by atoms with van der Waals surface area (Å²) in [5.41, 5.74) is 0.860. The van der Waals surface area contributed by atoms with Gasteiger partial charge in [0.15, 0.2) is 11.6 Å². The highest BCUT2D eigenvalue weighted by molar-refractivity contribution is 7.99. The average molecular weight is 506 g/mol. The molecule has 3 aromatic rings. The van der Waals surface area contributed by atoms with Crippen molar-refractivity contribution in [3.8, 4) is 0 Å². The molecule has 3 rings (SSSR count). The lowest BCUT2D eigenvalue weighted by Crippen LogP contribution is -2.35. The fraction of sp³-hybridized carbons (Fsp3) is 0.214. The number of amides is 1. The predicted octanol–water partition coefficient (Wildman–Crippen LogP) is 5.18. The summed E-state index contributed by atoms with van der Waals surface area (Å²) in [5, 5.41) is 2.44. The van der Waals surface area contributed by atoms with Gasteiger partial charge in [-0.2, -0.15) is 0 Å². The van der Waals surface area contributed by atoms with Gasteiger partial charge in [0.2, 0.25) is 0 Å². The number of carbonyl (C=O) groups is 4. The van der Waals surface area contributed by atoms with Gasteiger partial charge in [0.25, 0.3) is 6.47 Å². The van der Waals surface area contributed by atoms with Gasteiger partial charge in [-0.1, -0.05) is 54.2 Å². The quantitative estimate of drug-likeness (QED) is 0.206. The minimum atomic E-state index is -0.924. The Morgan fingerprint density at radius 3 is 1.97 bits per heavy atom. The Morgan fingerprint density at radius 2 is 1.39 bits per heavy atom. The fourth-order valence-corrected chi connectivity index (χ4v) is 4.07. The summed E-state index contributed by atoms with van der Waals surface area (Å²) in [6, 6.07) is 23.8. The third-order valence-electron chi connectivity index (χ3n) is 5.24. The molecule has 0 radical (unpaired) electrons. The van der Waals surface area contributed by atoms with Gasteiger partial charge in [0, 0.05) is 26.5 Å². The number of ketones is 2. The van der Waals surface area contributed by atoms with Crippen molar-refractivity contribution in [1.29, 1.82) is 0 Å². The highest BCUT2D eigenvalue weighted by atomic mass is 32.2. The van der Waals surface area contributed by atoms with E-state index in [1.165, 1.54) is 11.8 Å². The molecule has 0 saturated carbocycles. The van der Waals surface area contributed by atoms with Crippen LogP contribution in [0.5, 0.6) is 0 Å². The van der Waals surface area contributed by atoms with Crippen molar-refractivity contribution in [3.63, 3.8) is 0 Å². The molecule has 36 heavy (non-hydrogen) atoms. The molecule has 0 saturated heterocycles. The summed E-state index contributed by atoms with van der Waals surface area (Å²) in [5.74, 6) is -0.175. The third-order valence-corrected chi connectivity index (χ3v) is 6.26. The standard InChI is InChI=1S/C28H27NO6S/c1-28(2,18-35-27(33)29-16-17-34-19-30)26(32)22-10-14-24(15-11-22)36-23-12-8-21(9-13-23)25(31)20-6-4-3-5-7-20/h3-15,19H,16-18H2,1-2H3,(H,29,33). The van der Waals surface area contributed by atoms with Crippen LogP contribution >= 0.6 is 11.8 Å². The van der Waals surface area contributed by atoms with Crippen LogP contribution in [0.25, 0.3) is 0 Å². The first kappa shape index (κ1) is 26.7. The van der Waals surface area contributed by atoms with Gasteiger partial charge >= 0.3 is 6.09 Å². The predicted molar refractivity (Wildman–Crippen MR) is 136 cm³/mol. The molecule has 0 aromatic heterocycles. The summed E-state index contributed by atoms with van der Waals surface area (Å²) >= 11 is 1.52. The van der Waals surface area contributed by atoms with Crippen molar-refractivity contribution < 1.29 is 28.7 Å². The lowest BCUT2D eigenvalue weighted by Gasteiger charge is -2.23. The molecule has 0 bridgehead atoms. The number of benzene rings is 3. The molecular weight excluding hydrogens is 478 g/mol. The van der Waals surface area contributed by atoms with Crippen molar-refractivity contribution >= 4 is 35.9 Å². The lowest BCUT2D eigenvalue weighted by atomic mass is 9.85. The maximum absolute atomic E-state index is 13.0. The Bertz CT molecular complexity index is 1190. The molecule has 0 heterocycles. The first-order valence-corrected chi connectivity index (χ1v) is 12.1. The van der Waals surface area contributed by atoms with E-state index in [9.17, 15) is 19.2 Å². The minimum absolute atomic E-state index is 0.0222. The molecule has 8 heteroatoms. The second-order valence-electron chi connectivity index (χ2n) is 8.53. The zero-order valence-corrected chi connectivity index (χ0v) is 20.9. The van der Waals surface area contributed by atoms with E-state index in [2.05, 4.69) is 10.1 Å². The van der Waals surface area contributed by atoms with Crippen LogP contribution in [-0.4, -0.2) is 43.9 Å². The van der Waals surface area contributed by atoms with Crippen LogP contribution in [0.1, 0.15) is 40.1 Å². The molecule has 7 nitrogen and oxygen atoms in total. The lowest BCUT2D eigenvalue weighted by molar-refractivity contribution is -0.128. The second kappa shape index (κ2) is 12.7. The minimum Gasteiger partial charge on any atom is -0.466 e. The maximum Gasteiger partial charge on any atom is 0.407 e. The van der Waals surface area contributed by atoms with Gasteiger partial charge in [-0.25, -0.2) is 4.79 Å². The normalized spacial score (nSPS) is 10.8. The molecule has 0 aliphatic heterocycles. The van der Waals surface area contributed by atoms with Gasteiger partial charge < -0.3 is 14.8 Å². The monoisotopic (exact) mass is 505 g/mol. The zero-order valence-electron chi connectivity index (χ0n) is 20.1. The first-order valence-electron chi connectivity index (χ1n) is 11.3. The van der Waals surface area contributed by atoms with E-state index in [4.69, 9.17) is 4.74 Å². The summed E-state index contributed by atoms with van der Waals surface area (Å²) < 4.78 is 9.63. The van der Waals surface area contributed by atoms with Crippen LogP contribution < -0.4 is 5.32 Å². The van der Waals surface area contributed by atoms with Crippen molar-refractivity contribution in [3.05, 3.63) is 95.6 Å². The van der Waals surface area contributed by atoms with Gasteiger partial charge in [-0.3, -0.25) is 14.4 Å². The summed E-state index contributed by atoms with van der Waals surface area (Å²) in [7, 11) is 0. The summed E-state index contributed by atoms with van der Waals surface area (Å²) in [6.07, 6.45) is -0.686. The maximum atomic E-state index is 13.0. The van der Waals surface area contributed by atoms with E-state index in [0.717, 1.165) is 9.79 Å². The smallest absolute Gasteiger partial charge is 0.407 e. The third kappa shape index (κ3) is 7.55. The van der Waals surface area contributed by atoms with Crippen molar-refractivity contribution in [2.75, 3.05) is 19.8 Å². The molecule has 0 spiro atoms. The van der Waals surface area contributed by atoms with E-state index in [0.29, 0.717) is 23.2 Å². The summed E-state index contributed by atoms with van der Waals surface area (Å²) in [6.45, 7) is 3.77. The van der Waals surface area contributed by atoms with Gasteiger partial charge in [-0.05, 0) is 50.2 Å². The number of hydrogen-bond acceptors (Lipinski definition) is 7. The number of alkyl carbamates (subject to hydrolysis) is 1. The fourth-order valence-electron chi connectivity index (χ4n) is 3.25. The topological polar surface area (TPSA) is 98.8 Å². The van der Waals surface area contributed by atoms with Crippen LogP contribution in [0.2, 0.25) is 0 Å². The van der Waals surface area contributed by atoms with Crippen molar-refractivity contribution in [2.45, 2.75) is 23.6 Å². The van der Waals surface area contributed by atoms with Gasteiger partial charge in [-0.15, -0.1) is 0 Å². The SMILES string of the molecule is CC(C)(COC(=O)NCCOC=O)C(=O)c1ccc(Sc2ccc(C(=O)c3ccccc3)cc2)cc1. The highest BCUT2D eigenvalue weighted by Gasteiger charge is 2.30. The van der Waals surface area contributed by atoms with Crippen LogP contribution in [-0.2, 0) is 14.3 Å². The van der Waals surface area contributed by atoms with Crippen molar-refractivity contribution in [2.24, 2.45) is 5.41 Å². The van der Waals surface area contributed by atoms with E-state index >= 15 is 0 Å². The van der Waals surface area contributed by atoms with E-state index in [1.807, 2.05) is 54.6 Å². The number of rotatable bonds is 12. The molecule has 0 aliphatic rings. The summed E-state index contributed by atoms with van der Waals surface area (Å²) in [4.78, 5) is 49.3. The van der Waals surface area contributed by atoms with Gasteiger partial charge in [0.1, 0.15) is 13.2 Å². The largest absolute Gasteiger partial charge is 0.466 e. The number of Topliss-reactive ketones (excluding diaryl/α,β-unsaturated/α-hetero) is 1. The number of nitrogens with one attached hydrogen (secondary N) is 1. The van der Waals surface area contributed by atoms with Crippen LogP contribution in [0.4, 0.5) is 4.79 Å². The second-order valence-corrected chi connectivity index (χ2v) is 9.68. The number of ether oxygens (including phenoxy) is 2. The Kier molecular flexibility index (Phi) is 9.41. The molecule has 3 aromatic carbocycles. The molecule has 0 aliphatic carbocycles. The Hall–Kier alpha value is -3.91.